The van der Waals surface area contributed by atoms with Crippen LogP contribution >= 0.6 is 0 Å². The topological polar surface area (TPSA) is 105 Å². The number of nitrogens with zero attached hydrogens (tertiary/aromatic N) is 1. The van der Waals surface area contributed by atoms with E-state index in [1.807, 2.05) is 36.4 Å². The molecule has 0 aromatic heterocycles. The van der Waals surface area contributed by atoms with Gasteiger partial charge in [0.2, 0.25) is 0 Å². The number of hydrogen-bond acceptors (Lipinski definition) is 5. The van der Waals surface area contributed by atoms with Crippen LogP contribution in [0.1, 0.15) is 30.4 Å². The van der Waals surface area contributed by atoms with Crippen LogP contribution in [-0.2, 0) is 19.1 Å². The van der Waals surface area contributed by atoms with Crippen molar-refractivity contribution in [3.63, 3.8) is 0 Å². The van der Waals surface area contributed by atoms with E-state index in [0.29, 0.717) is 0 Å². The Hall–Kier alpha value is -3.39. The summed E-state index contributed by atoms with van der Waals surface area (Å²) in [4.78, 5) is 38.2. The predicted molar refractivity (Wildman–Crippen MR) is 116 cm³/mol. The molecule has 0 bridgehead atoms. The number of carboxylic acid groups (broad SMARTS) is 1. The van der Waals surface area contributed by atoms with Crippen LogP contribution in [0.4, 0.5) is 4.79 Å². The molecule has 1 aliphatic heterocycles. The minimum atomic E-state index is -1.35. The molecule has 1 unspecified atom stereocenters. The van der Waals surface area contributed by atoms with Gasteiger partial charge in [-0.3, -0.25) is 4.79 Å². The maximum Gasteiger partial charge on any atom is 0.408 e. The van der Waals surface area contributed by atoms with Crippen molar-refractivity contribution >= 4 is 18.0 Å². The van der Waals surface area contributed by atoms with Gasteiger partial charge in [0, 0.05) is 26.0 Å². The van der Waals surface area contributed by atoms with Gasteiger partial charge in [-0.2, -0.15) is 0 Å². The minimum absolute atomic E-state index is 0.0350. The van der Waals surface area contributed by atoms with E-state index in [-0.39, 0.29) is 32.2 Å². The first-order valence-corrected chi connectivity index (χ1v) is 10.5. The highest BCUT2D eigenvalue weighted by molar-refractivity contribution is 5.93. The summed E-state index contributed by atoms with van der Waals surface area (Å²) in [5.41, 5.74) is 3.08. The van der Waals surface area contributed by atoms with Crippen molar-refractivity contribution in [1.29, 1.82) is 0 Å². The normalized spacial score (nSPS) is 20.2. The van der Waals surface area contributed by atoms with Gasteiger partial charge in [0.1, 0.15) is 18.2 Å². The second-order valence-electron chi connectivity index (χ2n) is 8.27. The van der Waals surface area contributed by atoms with Gasteiger partial charge in [-0.15, -0.1) is 0 Å². The second kappa shape index (κ2) is 8.63. The number of likely N-dealkylation sites (N-methyl/N-ethyl adjacent to an activating group) is 1. The molecule has 1 fully saturated rings. The lowest BCUT2D eigenvalue weighted by atomic mass is 9.96. The zero-order valence-corrected chi connectivity index (χ0v) is 18.0. The number of carboxylic acids is 1. The Labute approximate surface area is 186 Å². The van der Waals surface area contributed by atoms with E-state index in [0.717, 1.165) is 27.2 Å². The van der Waals surface area contributed by atoms with Crippen molar-refractivity contribution in [3.8, 4) is 11.1 Å². The quantitative estimate of drug-likeness (QED) is 0.718. The standard InChI is InChI=1S/C24H26N2O6/c1-15(21(27)28)26(2)22(29)24(11-12-31-14-24)25-23(30)32-13-20-18-9-5-3-7-16(18)17-8-4-6-10-19(17)20/h3-10,15,20H,11-14H2,1-2H3,(H,25,30)(H,27,28)/t15-,24?/m0/s1. The molecule has 8 nitrogen and oxygen atoms in total. The Morgan fingerprint density at radius 1 is 1.16 bits per heavy atom. The number of fused-ring (bicyclic) bond motifs is 3. The fourth-order valence-corrected chi connectivity index (χ4v) is 4.39. The molecule has 2 aromatic carbocycles. The molecule has 0 spiro atoms. The zero-order valence-electron chi connectivity index (χ0n) is 18.0. The minimum Gasteiger partial charge on any atom is -0.480 e. The SMILES string of the molecule is C[C@@H](C(=O)O)N(C)C(=O)C1(NC(=O)OCC2c3ccccc3-c3ccccc32)CCOC1. The fraction of sp³-hybridized carbons (Fsp3) is 0.375. The average Bonchev–Trinajstić information content (AvgIpc) is 3.39. The second-order valence-corrected chi connectivity index (χ2v) is 8.27. The number of alkyl carbamates (subject to hydrolysis) is 1. The number of carbonyl (C=O) groups is 3. The van der Waals surface area contributed by atoms with E-state index in [4.69, 9.17) is 9.47 Å². The molecule has 2 atom stereocenters. The highest BCUT2D eigenvalue weighted by Gasteiger charge is 2.47. The van der Waals surface area contributed by atoms with Crippen molar-refractivity contribution in [2.24, 2.45) is 0 Å². The first-order valence-electron chi connectivity index (χ1n) is 10.5. The van der Waals surface area contributed by atoms with Crippen LogP contribution in [0.25, 0.3) is 11.1 Å². The molecule has 2 amide bonds. The number of aliphatic carboxylic acids is 1. The summed E-state index contributed by atoms with van der Waals surface area (Å²) in [5, 5.41) is 11.9. The van der Waals surface area contributed by atoms with Gasteiger partial charge in [0.15, 0.2) is 0 Å². The van der Waals surface area contributed by atoms with Crippen LogP contribution in [0, 0.1) is 0 Å². The average molecular weight is 438 g/mol. The maximum absolute atomic E-state index is 13.0. The lowest BCUT2D eigenvalue weighted by molar-refractivity contribution is -0.151. The summed E-state index contributed by atoms with van der Waals surface area (Å²) in [5.74, 6) is -1.75. The molecule has 1 aliphatic carbocycles. The molecule has 2 aliphatic rings. The lowest BCUT2D eigenvalue weighted by Crippen LogP contribution is -2.61. The number of hydrogen-bond donors (Lipinski definition) is 2. The van der Waals surface area contributed by atoms with Gasteiger partial charge in [0.25, 0.3) is 5.91 Å². The number of carbonyl (C=O) groups excluding carboxylic acids is 2. The van der Waals surface area contributed by atoms with Crippen LogP contribution in [0.15, 0.2) is 48.5 Å². The summed E-state index contributed by atoms with van der Waals surface area (Å²) in [6.45, 7) is 1.78. The first-order chi connectivity index (χ1) is 15.3. The third kappa shape index (κ3) is 3.82. The van der Waals surface area contributed by atoms with E-state index in [2.05, 4.69) is 17.4 Å². The van der Waals surface area contributed by atoms with Gasteiger partial charge in [-0.25, -0.2) is 9.59 Å². The number of benzene rings is 2. The number of rotatable bonds is 6. The third-order valence-corrected chi connectivity index (χ3v) is 6.37. The number of amides is 2. The molecule has 1 heterocycles. The molecular formula is C24H26N2O6. The predicted octanol–water partition coefficient (Wildman–Crippen LogP) is 2.62. The summed E-state index contributed by atoms with van der Waals surface area (Å²) < 4.78 is 11.0. The molecule has 32 heavy (non-hydrogen) atoms. The molecule has 8 heteroatoms. The van der Waals surface area contributed by atoms with E-state index in [9.17, 15) is 19.5 Å². The molecule has 1 saturated heterocycles. The Balaban J connectivity index is 1.47. The van der Waals surface area contributed by atoms with Gasteiger partial charge in [-0.1, -0.05) is 48.5 Å². The zero-order chi connectivity index (χ0) is 22.9. The van der Waals surface area contributed by atoms with Crippen LogP contribution in [0.2, 0.25) is 0 Å². The van der Waals surface area contributed by atoms with Crippen LogP contribution in [0.5, 0.6) is 0 Å². The lowest BCUT2D eigenvalue weighted by Gasteiger charge is -2.33. The summed E-state index contributed by atoms with van der Waals surface area (Å²) >= 11 is 0. The van der Waals surface area contributed by atoms with Gasteiger partial charge < -0.3 is 24.8 Å². The Bertz CT molecular complexity index is 1000. The molecule has 0 radical (unpaired) electrons. The largest absolute Gasteiger partial charge is 0.480 e. The van der Waals surface area contributed by atoms with Crippen molar-refractivity contribution in [1.82, 2.24) is 10.2 Å². The Morgan fingerprint density at radius 3 is 2.28 bits per heavy atom. The third-order valence-electron chi connectivity index (χ3n) is 6.37. The van der Waals surface area contributed by atoms with Crippen LogP contribution in [0.3, 0.4) is 0 Å². The van der Waals surface area contributed by atoms with Crippen LogP contribution < -0.4 is 5.32 Å². The van der Waals surface area contributed by atoms with E-state index in [1.54, 1.807) is 0 Å². The van der Waals surface area contributed by atoms with Gasteiger partial charge in [-0.05, 0) is 29.2 Å². The summed E-state index contributed by atoms with van der Waals surface area (Å²) in [7, 11) is 1.40. The Kier molecular flexibility index (Phi) is 5.88. The number of ether oxygens (including phenoxy) is 2. The van der Waals surface area contributed by atoms with Gasteiger partial charge >= 0.3 is 12.1 Å². The van der Waals surface area contributed by atoms with Crippen LogP contribution in [-0.4, -0.2) is 66.4 Å². The molecule has 2 N–H and O–H groups in total. The highest BCUT2D eigenvalue weighted by Crippen LogP contribution is 2.44. The molecule has 2 aromatic rings. The number of nitrogens with one attached hydrogen (secondary N) is 1. The summed E-state index contributed by atoms with van der Waals surface area (Å²) in [6, 6.07) is 15.0. The van der Waals surface area contributed by atoms with Crippen molar-refractivity contribution < 1.29 is 29.0 Å². The highest BCUT2D eigenvalue weighted by atomic mass is 16.6. The van der Waals surface area contributed by atoms with Gasteiger partial charge in [0.05, 0.1) is 6.61 Å². The molecule has 0 saturated carbocycles. The van der Waals surface area contributed by atoms with E-state index < -0.39 is 29.6 Å². The first kappa shape index (κ1) is 21.8. The van der Waals surface area contributed by atoms with Crippen molar-refractivity contribution in [2.75, 3.05) is 26.9 Å². The van der Waals surface area contributed by atoms with E-state index in [1.165, 1.54) is 14.0 Å². The van der Waals surface area contributed by atoms with Crippen molar-refractivity contribution in [2.45, 2.75) is 30.8 Å². The smallest absolute Gasteiger partial charge is 0.408 e. The van der Waals surface area contributed by atoms with Crippen molar-refractivity contribution in [3.05, 3.63) is 59.7 Å². The monoisotopic (exact) mass is 438 g/mol. The molecule has 4 rings (SSSR count). The maximum atomic E-state index is 13.0. The fourth-order valence-electron chi connectivity index (χ4n) is 4.39. The molecule has 168 valence electrons. The van der Waals surface area contributed by atoms with E-state index >= 15 is 0 Å². The Morgan fingerprint density at radius 2 is 1.75 bits per heavy atom. The molecular weight excluding hydrogens is 412 g/mol. The summed E-state index contributed by atoms with van der Waals surface area (Å²) in [6.07, 6.45) is -0.491.